The van der Waals surface area contributed by atoms with Crippen LogP contribution in [0.5, 0.6) is 17.2 Å². The van der Waals surface area contributed by atoms with E-state index in [-0.39, 0.29) is 24.0 Å². The number of carbonyl (C=O) groups excluding carboxylic acids is 1. The normalized spacial score (nSPS) is 14.1. The number of rotatable bonds is 5. The molecular formula is C17H16F2N2O4. The summed E-state index contributed by atoms with van der Waals surface area (Å²) in [6.07, 6.45) is -3.69. The van der Waals surface area contributed by atoms with E-state index in [9.17, 15) is 13.6 Å². The average molecular weight is 350 g/mol. The van der Waals surface area contributed by atoms with E-state index < -0.39 is 6.29 Å². The number of nitrogens with zero attached hydrogens (tertiary/aromatic N) is 1. The molecule has 0 saturated carbocycles. The molecule has 2 aromatic carbocycles. The topological polar surface area (TPSA) is 60.0 Å². The van der Waals surface area contributed by atoms with Gasteiger partial charge in [0.2, 0.25) is 5.91 Å². The van der Waals surface area contributed by atoms with Crippen molar-refractivity contribution in [3.8, 4) is 17.2 Å². The van der Waals surface area contributed by atoms with E-state index >= 15 is 0 Å². The summed E-state index contributed by atoms with van der Waals surface area (Å²) in [6.45, 7) is 0.0466. The molecule has 6 nitrogen and oxygen atoms in total. The van der Waals surface area contributed by atoms with Gasteiger partial charge in [-0.2, -0.15) is 0 Å². The van der Waals surface area contributed by atoms with Gasteiger partial charge in [0.15, 0.2) is 11.5 Å². The Bertz CT molecular complexity index is 798. The van der Waals surface area contributed by atoms with Crippen molar-refractivity contribution in [3.05, 3.63) is 42.5 Å². The van der Waals surface area contributed by atoms with Crippen LogP contribution in [0.1, 0.15) is 0 Å². The molecule has 1 N–H and O–H groups in total. The number of fused-ring (bicyclic) bond motifs is 1. The zero-order valence-corrected chi connectivity index (χ0v) is 13.6. The second-order valence-corrected chi connectivity index (χ2v) is 5.41. The minimum Gasteiger partial charge on any atom is -0.495 e. The molecule has 1 aliphatic rings. The van der Waals surface area contributed by atoms with Crippen LogP contribution in [-0.2, 0) is 4.79 Å². The van der Waals surface area contributed by atoms with Crippen molar-refractivity contribution in [2.75, 3.05) is 30.9 Å². The summed E-state index contributed by atoms with van der Waals surface area (Å²) < 4.78 is 40.0. The molecule has 0 saturated heterocycles. The van der Waals surface area contributed by atoms with E-state index in [1.807, 2.05) is 18.2 Å². The first-order valence-corrected chi connectivity index (χ1v) is 7.42. The molecule has 0 unspecified atom stereocenters. The first-order chi connectivity index (χ1) is 11.9. The number of amides is 1. The maximum absolute atomic E-state index is 13.0. The minimum absolute atomic E-state index is 0.0466. The molecule has 0 fully saturated rings. The van der Waals surface area contributed by atoms with Crippen LogP contribution in [0.4, 0.5) is 20.2 Å². The summed E-state index contributed by atoms with van der Waals surface area (Å²) in [5.74, 6) is 0.122. The van der Waals surface area contributed by atoms with Gasteiger partial charge in [-0.3, -0.25) is 4.79 Å². The Labute approximate surface area is 142 Å². The lowest BCUT2D eigenvalue weighted by Gasteiger charge is -2.21. The van der Waals surface area contributed by atoms with Gasteiger partial charge in [-0.15, -0.1) is 8.78 Å². The highest BCUT2D eigenvalue weighted by molar-refractivity contribution is 5.94. The number of para-hydroxylation sites is 2. The molecule has 25 heavy (non-hydrogen) atoms. The predicted molar refractivity (Wildman–Crippen MR) is 87.5 cm³/mol. The number of hydrogen-bond acceptors (Lipinski definition) is 5. The van der Waals surface area contributed by atoms with Crippen LogP contribution in [0.15, 0.2) is 42.5 Å². The van der Waals surface area contributed by atoms with Crippen molar-refractivity contribution in [3.63, 3.8) is 0 Å². The SMILES string of the molecule is COc1ccccc1N(C)CC(=O)Nc1ccc2c(c1)OC(F)(F)O2. The number of benzene rings is 2. The Balaban J connectivity index is 1.65. The standard InChI is InChI=1S/C17H16F2N2O4/c1-21(12-5-3-4-6-13(12)23-2)10-16(22)20-11-7-8-14-15(9-11)25-17(18,19)24-14/h3-9H,10H2,1-2H3,(H,20,22). The van der Waals surface area contributed by atoms with Crippen LogP contribution in [0, 0.1) is 0 Å². The second-order valence-electron chi connectivity index (χ2n) is 5.41. The first-order valence-electron chi connectivity index (χ1n) is 7.42. The van der Waals surface area contributed by atoms with Gasteiger partial charge in [-0.05, 0) is 24.3 Å². The van der Waals surface area contributed by atoms with Crippen LogP contribution >= 0.6 is 0 Å². The third-order valence-electron chi connectivity index (χ3n) is 3.56. The average Bonchev–Trinajstić information content (AvgIpc) is 2.87. The molecule has 1 heterocycles. The van der Waals surface area contributed by atoms with Gasteiger partial charge in [0.1, 0.15) is 5.75 Å². The number of halogens is 2. The van der Waals surface area contributed by atoms with Crippen LogP contribution in [-0.4, -0.2) is 32.9 Å². The Kier molecular flexibility index (Phi) is 4.35. The molecule has 2 aromatic rings. The Morgan fingerprint density at radius 1 is 1.20 bits per heavy atom. The summed E-state index contributed by atoms with van der Waals surface area (Å²) in [4.78, 5) is 13.9. The summed E-state index contributed by atoms with van der Waals surface area (Å²) >= 11 is 0. The molecule has 0 bridgehead atoms. The maximum atomic E-state index is 13.0. The lowest BCUT2D eigenvalue weighted by atomic mass is 10.2. The van der Waals surface area contributed by atoms with Gasteiger partial charge >= 0.3 is 6.29 Å². The highest BCUT2D eigenvalue weighted by Crippen LogP contribution is 2.42. The number of anilines is 2. The Hall–Kier alpha value is -3.03. The monoisotopic (exact) mass is 350 g/mol. The fourth-order valence-electron chi connectivity index (χ4n) is 2.47. The molecule has 3 rings (SSSR count). The zero-order chi connectivity index (χ0) is 18.0. The van der Waals surface area contributed by atoms with Gasteiger partial charge in [0.05, 0.1) is 19.3 Å². The van der Waals surface area contributed by atoms with Crippen molar-refractivity contribution in [2.24, 2.45) is 0 Å². The van der Waals surface area contributed by atoms with Gasteiger partial charge < -0.3 is 24.4 Å². The first kappa shape index (κ1) is 16.8. The van der Waals surface area contributed by atoms with E-state index in [1.165, 1.54) is 18.2 Å². The number of likely N-dealkylation sites (N-methyl/N-ethyl adjacent to an activating group) is 1. The lowest BCUT2D eigenvalue weighted by Crippen LogP contribution is -2.30. The third-order valence-corrected chi connectivity index (χ3v) is 3.56. The molecular weight excluding hydrogens is 334 g/mol. The molecule has 132 valence electrons. The van der Waals surface area contributed by atoms with E-state index in [1.54, 1.807) is 25.1 Å². The quantitative estimate of drug-likeness (QED) is 0.898. The highest BCUT2D eigenvalue weighted by atomic mass is 19.3. The van der Waals surface area contributed by atoms with Crippen LogP contribution in [0.3, 0.4) is 0 Å². The molecule has 0 aromatic heterocycles. The van der Waals surface area contributed by atoms with E-state index in [0.717, 1.165) is 5.69 Å². The summed E-state index contributed by atoms with van der Waals surface area (Å²) in [6, 6.07) is 11.4. The summed E-state index contributed by atoms with van der Waals surface area (Å²) in [7, 11) is 3.30. The number of methoxy groups -OCH3 is 1. The van der Waals surface area contributed by atoms with Crippen molar-refractivity contribution in [2.45, 2.75) is 6.29 Å². The number of alkyl halides is 2. The molecule has 0 radical (unpaired) electrons. The predicted octanol–water partition coefficient (Wildman–Crippen LogP) is 3.09. The van der Waals surface area contributed by atoms with Crippen molar-refractivity contribution in [1.82, 2.24) is 0 Å². The van der Waals surface area contributed by atoms with Crippen molar-refractivity contribution < 1.29 is 27.8 Å². The Morgan fingerprint density at radius 3 is 2.68 bits per heavy atom. The molecule has 0 atom stereocenters. The summed E-state index contributed by atoms with van der Waals surface area (Å²) in [5, 5.41) is 2.64. The van der Waals surface area contributed by atoms with E-state index in [2.05, 4.69) is 14.8 Å². The van der Waals surface area contributed by atoms with Crippen LogP contribution in [0.25, 0.3) is 0 Å². The van der Waals surface area contributed by atoms with Gasteiger partial charge in [0.25, 0.3) is 0 Å². The molecule has 8 heteroatoms. The number of carbonyl (C=O) groups is 1. The maximum Gasteiger partial charge on any atom is 0.586 e. The zero-order valence-electron chi connectivity index (χ0n) is 13.6. The number of hydrogen-bond donors (Lipinski definition) is 1. The number of nitrogens with one attached hydrogen (secondary N) is 1. The van der Waals surface area contributed by atoms with Crippen molar-refractivity contribution >= 4 is 17.3 Å². The molecule has 1 aliphatic heterocycles. The van der Waals surface area contributed by atoms with Gasteiger partial charge in [-0.25, -0.2) is 0 Å². The second kappa shape index (κ2) is 6.46. The largest absolute Gasteiger partial charge is 0.586 e. The third kappa shape index (κ3) is 3.73. The van der Waals surface area contributed by atoms with Gasteiger partial charge in [-0.1, -0.05) is 12.1 Å². The molecule has 0 aliphatic carbocycles. The van der Waals surface area contributed by atoms with Gasteiger partial charge in [0, 0.05) is 18.8 Å². The van der Waals surface area contributed by atoms with Crippen LogP contribution in [0.2, 0.25) is 0 Å². The lowest BCUT2D eigenvalue weighted by molar-refractivity contribution is -0.286. The van der Waals surface area contributed by atoms with Crippen LogP contribution < -0.4 is 24.4 Å². The smallest absolute Gasteiger partial charge is 0.495 e. The molecule has 0 spiro atoms. The summed E-state index contributed by atoms with van der Waals surface area (Å²) in [5.41, 5.74) is 1.09. The fraction of sp³-hybridized carbons (Fsp3) is 0.235. The van der Waals surface area contributed by atoms with E-state index in [0.29, 0.717) is 11.4 Å². The minimum atomic E-state index is -3.69. The highest BCUT2D eigenvalue weighted by Gasteiger charge is 2.43. The van der Waals surface area contributed by atoms with E-state index in [4.69, 9.17) is 4.74 Å². The fourth-order valence-corrected chi connectivity index (χ4v) is 2.47. The molecule has 1 amide bonds. The number of ether oxygens (including phenoxy) is 3. The van der Waals surface area contributed by atoms with Crippen molar-refractivity contribution in [1.29, 1.82) is 0 Å². The Morgan fingerprint density at radius 2 is 1.92 bits per heavy atom.